The van der Waals surface area contributed by atoms with E-state index in [2.05, 4.69) is 43.2 Å². The molecule has 0 bridgehead atoms. The number of anilines is 1. The van der Waals surface area contributed by atoms with Crippen molar-refractivity contribution in [1.82, 2.24) is 20.2 Å². The minimum absolute atomic E-state index is 0.0386. The van der Waals surface area contributed by atoms with Crippen molar-refractivity contribution in [2.45, 2.75) is 33.7 Å². The lowest BCUT2D eigenvalue weighted by Crippen LogP contribution is -2.23. The number of hydrogen-bond acceptors (Lipinski definition) is 4. The molecule has 1 unspecified atom stereocenters. The van der Waals surface area contributed by atoms with Crippen molar-refractivity contribution in [1.29, 1.82) is 0 Å². The Morgan fingerprint density at radius 1 is 1.32 bits per heavy atom. The summed E-state index contributed by atoms with van der Waals surface area (Å²) in [6.07, 6.45) is 0. The summed E-state index contributed by atoms with van der Waals surface area (Å²) in [5, 5.41) is 12.4. The highest BCUT2D eigenvalue weighted by Crippen LogP contribution is 2.35. The number of nitrogen functional groups attached to an aromatic ring is 1. The third-order valence-corrected chi connectivity index (χ3v) is 3.80. The minimum atomic E-state index is 0.0386. The van der Waals surface area contributed by atoms with Crippen LogP contribution in [0.1, 0.15) is 33.7 Å². The van der Waals surface area contributed by atoms with Crippen LogP contribution >= 0.6 is 11.6 Å². The molecule has 0 aliphatic rings. The third kappa shape index (κ3) is 2.56. The van der Waals surface area contributed by atoms with Gasteiger partial charge in [-0.15, -0.1) is 5.10 Å². The molecule has 1 aromatic carbocycles. The number of nitrogens with zero attached hydrogens (tertiary/aromatic N) is 4. The zero-order valence-electron chi connectivity index (χ0n) is 11.6. The summed E-state index contributed by atoms with van der Waals surface area (Å²) < 4.78 is 1.79. The standard InChI is InChI=1S/C13H18ClN5/c1-8(13(2,3)4)19-12(16-17-18-19)9-6-5-7-10(15)11(9)14/h5-8H,15H2,1-4H3. The second-order valence-corrected chi connectivity index (χ2v) is 6.08. The monoisotopic (exact) mass is 279 g/mol. The highest BCUT2D eigenvalue weighted by atomic mass is 35.5. The number of nitrogens with two attached hydrogens (primary N) is 1. The number of rotatable bonds is 2. The van der Waals surface area contributed by atoms with Gasteiger partial charge in [0.2, 0.25) is 0 Å². The zero-order chi connectivity index (χ0) is 14.2. The van der Waals surface area contributed by atoms with Crippen LogP contribution < -0.4 is 5.73 Å². The fraction of sp³-hybridized carbons (Fsp3) is 0.462. The van der Waals surface area contributed by atoms with E-state index < -0.39 is 0 Å². The Kier molecular flexibility index (Phi) is 3.49. The Morgan fingerprint density at radius 2 is 2.00 bits per heavy atom. The molecule has 2 N–H and O–H groups in total. The molecule has 2 aromatic rings. The van der Waals surface area contributed by atoms with Crippen LogP contribution in [0.2, 0.25) is 5.02 Å². The van der Waals surface area contributed by atoms with Gasteiger partial charge in [-0.1, -0.05) is 38.4 Å². The number of halogens is 1. The second kappa shape index (κ2) is 4.81. The molecule has 0 saturated carbocycles. The Bertz CT molecular complexity index is 585. The summed E-state index contributed by atoms with van der Waals surface area (Å²) in [5.74, 6) is 0.639. The van der Waals surface area contributed by atoms with Gasteiger partial charge >= 0.3 is 0 Å². The van der Waals surface area contributed by atoms with Gasteiger partial charge in [-0.05, 0) is 34.9 Å². The van der Waals surface area contributed by atoms with Crippen LogP contribution in [-0.2, 0) is 0 Å². The summed E-state index contributed by atoms with van der Waals surface area (Å²) >= 11 is 6.24. The molecule has 1 aromatic heterocycles. The van der Waals surface area contributed by atoms with Crippen molar-refractivity contribution in [3.8, 4) is 11.4 Å². The summed E-state index contributed by atoms with van der Waals surface area (Å²) in [6.45, 7) is 8.51. The van der Waals surface area contributed by atoms with Gasteiger partial charge in [0, 0.05) is 5.56 Å². The first-order valence-electron chi connectivity index (χ1n) is 6.14. The Morgan fingerprint density at radius 3 is 2.63 bits per heavy atom. The molecule has 1 atom stereocenters. The number of benzene rings is 1. The third-order valence-electron chi connectivity index (χ3n) is 3.38. The van der Waals surface area contributed by atoms with Gasteiger partial charge < -0.3 is 5.73 Å². The molecule has 0 amide bonds. The Hall–Kier alpha value is -1.62. The second-order valence-electron chi connectivity index (χ2n) is 5.70. The number of aromatic nitrogens is 4. The van der Waals surface area contributed by atoms with Crippen molar-refractivity contribution in [2.75, 3.05) is 5.73 Å². The van der Waals surface area contributed by atoms with Gasteiger partial charge in [-0.2, -0.15) is 0 Å². The van der Waals surface area contributed by atoms with Crippen LogP contribution in [0.25, 0.3) is 11.4 Å². The highest BCUT2D eigenvalue weighted by molar-refractivity contribution is 6.35. The van der Waals surface area contributed by atoms with E-state index in [-0.39, 0.29) is 11.5 Å². The van der Waals surface area contributed by atoms with Crippen molar-refractivity contribution in [3.63, 3.8) is 0 Å². The van der Waals surface area contributed by atoms with Gasteiger partial charge in [0.25, 0.3) is 0 Å². The molecule has 102 valence electrons. The quantitative estimate of drug-likeness (QED) is 0.857. The SMILES string of the molecule is CC(n1nnnc1-c1cccc(N)c1Cl)C(C)(C)C. The smallest absolute Gasteiger partial charge is 0.183 e. The molecular weight excluding hydrogens is 262 g/mol. The van der Waals surface area contributed by atoms with E-state index in [0.717, 1.165) is 5.56 Å². The van der Waals surface area contributed by atoms with Crippen molar-refractivity contribution < 1.29 is 0 Å². The van der Waals surface area contributed by atoms with E-state index in [0.29, 0.717) is 16.5 Å². The molecule has 0 radical (unpaired) electrons. The predicted octanol–water partition coefficient (Wildman–Crippen LogP) is 3.18. The molecule has 2 rings (SSSR count). The van der Waals surface area contributed by atoms with Crippen LogP contribution in [0.15, 0.2) is 18.2 Å². The normalized spacial score (nSPS) is 13.5. The average Bonchev–Trinajstić information content (AvgIpc) is 2.79. The maximum Gasteiger partial charge on any atom is 0.183 e. The first-order valence-corrected chi connectivity index (χ1v) is 6.52. The largest absolute Gasteiger partial charge is 0.398 e. The first kappa shape index (κ1) is 13.8. The van der Waals surface area contributed by atoms with Crippen molar-refractivity contribution in [3.05, 3.63) is 23.2 Å². The van der Waals surface area contributed by atoms with Crippen LogP contribution in [-0.4, -0.2) is 20.2 Å². The summed E-state index contributed by atoms with van der Waals surface area (Å²) in [4.78, 5) is 0. The molecule has 6 heteroatoms. The molecule has 0 spiro atoms. The average molecular weight is 280 g/mol. The molecular formula is C13H18ClN5. The molecule has 0 aliphatic heterocycles. The molecule has 0 saturated heterocycles. The molecule has 5 nitrogen and oxygen atoms in total. The Labute approximate surface area is 117 Å². The number of hydrogen-bond donors (Lipinski definition) is 1. The first-order chi connectivity index (χ1) is 8.82. The molecule has 1 heterocycles. The maximum atomic E-state index is 6.24. The van der Waals surface area contributed by atoms with E-state index in [4.69, 9.17) is 17.3 Å². The van der Waals surface area contributed by atoms with Crippen LogP contribution in [0.4, 0.5) is 5.69 Å². The van der Waals surface area contributed by atoms with Crippen LogP contribution in [0, 0.1) is 5.41 Å². The van der Waals surface area contributed by atoms with E-state index in [9.17, 15) is 0 Å². The summed E-state index contributed by atoms with van der Waals surface area (Å²) in [6, 6.07) is 5.61. The van der Waals surface area contributed by atoms with Gasteiger partial charge in [-0.3, -0.25) is 0 Å². The van der Waals surface area contributed by atoms with Crippen LogP contribution in [0.5, 0.6) is 0 Å². The predicted molar refractivity (Wildman–Crippen MR) is 76.8 cm³/mol. The lowest BCUT2D eigenvalue weighted by molar-refractivity contribution is 0.243. The highest BCUT2D eigenvalue weighted by Gasteiger charge is 2.26. The fourth-order valence-corrected chi connectivity index (χ4v) is 1.93. The van der Waals surface area contributed by atoms with Crippen molar-refractivity contribution in [2.24, 2.45) is 5.41 Å². The van der Waals surface area contributed by atoms with Gasteiger partial charge in [0.1, 0.15) is 0 Å². The zero-order valence-corrected chi connectivity index (χ0v) is 12.3. The summed E-state index contributed by atoms with van der Waals surface area (Å²) in [5.41, 5.74) is 7.15. The Balaban J connectivity index is 2.54. The number of tetrazole rings is 1. The summed E-state index contributed by atoms with van der Waals surface area (Å²) in [7, 11) is 0. The lowest BCUT2D eigenvalue weighted by atomic mass is 9.88. The van der Waals surface area contributed by atoms with Gasteiger partial charge in [0.05, 0.1) is 16.8 Å². The maximum absolute atomic E-state index is 6.24. The molecule has 0 fully saturated rings. The van der Waals surface area contributed by atoms with Crippen LogP contribution in [0.3, 0.4) is 0 Å². The molecule has 0 aliphatic carbocycles. The van der Waals surface area contributed by atoms with E-state index in [1.807, 2.05) is 12.1 Å². The topological polar surface area (TPSA) is 69.6 Å². The fourth-order valence-electron chi connectivity index (χ4n) is 1.72. The van der Waals surface area contributed by atoms with Crippen molar-refractivity contribution >= 4 is 17.3 Å². The van der Waals surface area contributed by atoms with E-state index in [1.54, 1.807) is 10.7 Å². The van der Waals surface area contributed by atoms with Gasteiger partial charge in [0.15, 0.2) is 5.82 Å². The van der Waals surface area contributed by atoms with Gasteiger partial charge in [-0.25, -0.2) is 4.68 Å². The lowest BCUT2D eigenvalue weighted by Gasteiger charge is -2.27. The van der Waals surface area contributed by atoms with E-state index >= 15 is 0 Å². The minimum Gasteiger partial charge on any atom is -0.398 e. The molecule has 19 heavy (non-hydrogen) atoms. The van der Waals surface area contributed by atoms with E-state index in [1.165, 1.54) is 0 Å².